The van der Waals surface area contributed by atoms with Gasteiger partial charge in [0.05, 0.1) is 28.3 Å². The number of rotatable bonds is 5. The Balaban J connectivity index is 1.72. The van der Waals surface area contributed by atoms with Gasteiger partial charge in [0.15, 0.2) is 0 Å². The molecule has 0 aliphatic rings. The van der Waals surface area contributed by atoms with E-state index in [0.717, 1.165) is 29.0 Å². The van der Waals surface area contributed by atoms with Gasteiger partial charge in [-0.05, 0) is 56.3 Å². The normalized spacial score (nSPS) is 11.5. The largest absolute Gasteiger partial charge is 0.376 e. The van der Waals surface area contributed by atoms with Crippen LogP contribution >= 0.6 is 0 Å². The molecule has 0 unspecified atom stereocenters. The predicted octanol–water partition coefficient (Wildman–Crippen LogP) is 5.00. The summed E-state index contributed by atoms with van der Waals surface area (Å²) in [4.78, 5) is 14.8. The Kier molecular flexibility index (Phi) is 5.27. The molecule has 0 saturated heterocycles. The van der Waals surface area contributed by atoms with E-state index in [1.54, 1.807) is 12.1 Å². The highest BCUT2D eigenvalue weighted by Gasteiger charge is 2.27. The van der Waals surface area contributed by atoms with Gasteiger partial charge < -0.3 is 9.47 Å². The van der Waals surface area contributed by atoms with Gasteiger partial charge in [0, 0.05) is 31.9 Å². The van der Waals surface area contributed by atoms with Gasteiger partial charge in [-0.15, -0.1) is 0 Å². The zero-order chi connectivity index (χ0) is 22.2. The molecule has 4 aromatic rings. The zero-order valence-electron chi connectivity index (χ0n) is 17.8. The van der Waals surface area contributed by atoms with Crippen LogP contribution in [-0.2, 0) is 5.41 Å². The third-order valence-corrected chi connectivity index (χ3v) is 5.31. The van der Waals surface area contributed by atoms with E-state index in [-0.39, 0.29) is 5.56 Å². The van der Waals surface area contributed by atoms with Crippen LogP contribution in [0.25, 0.3) is 17.1 Å². The fourth-order valence-corrected chi connectivity index (χ4v) is 3.37. The number of hydrogen-bond donors (Lipinski definition) is 0. The van der Waals surface area contributed by atoms with Gasteiger partial charge in [0.2, 0.25) is 11.9 Å². The molecule has 4 heterocycles. The summed E-state index contributed by atoms with van der Waals surface area (Å²) < 4.78 is 29.3. The minimum absolute atomic E-state index is 0.157. The monoisotopic (exact) mass is 419 g/mol. The molecule has 0 N–H and O–H groups in total. The standard InChI is InChI=1S/C24H23F2N5/c1-24(2,19-8-5-7-18(27-19)17-11-12-21(25)29-23(17)26)20-9-6-10-22(28-20)31-14-13-16(15-31)30(3)4/h5-15H,1-4H3. The minimum atomic E-state index is -0.883. The number of nitrogens with zero attached hydrogens (tertiary/aromatic N) is 5. The van der Waals surface area contributed by atoms with E-state index in [2.05, 4.69) is 9.97 Å². The average molecular weight is 419 g/mol. The second-order valence-electron chi connectivity index (χ2n) is 8.06. The third kappa shape index (κ3) is 4.03. The maximum atomic E-state index is 14.2. The van der Waals surface area contributed by atoms with Gasteiger partial charge in [0.25, 0.3) is 0 Å². The molecule has 0 radical (unpaired) electrons. The minimum Gasteiger partial charge on any atom is -0.376 e. The number of halogens is 2. The fourth-order valence-electron chi connectivity index (χ4n) is 3.37. The summed E-state index contributed by atoms with van der Waals surface area (Å²) in [6.07, 6.45) is 3.99. The van der Waals surface area contributed by atoms with Crippen molar-refractivity contribution in [3.63, 3.8) is 0 Å². The highest BCUT2D eigenvalue weighted by molar-refractivity contribution is 5.59. The summed E-state index contributed by atoms with van der Waals surface area (Å²) in [7, 11) is 3.98. The molecule has 0 amide bonds. The summed E-state index contributed by atoms with van der Waals surface area (Å²) in [5.74, 6) is -0.948. The van der Waals surface area contributed by atoms with Crippen molar-refractivity contribution in [3.05, 3.63) is 90.3 Å². The maximum absolute atomic E-state index is 14.2. The molecule has 0 fully saturated rings. The van der Waals surface area contributed by atoms with Gasteiger partial charge in [-0.2, -0.15) is 13.8 Å². The molecule has 4 aromatic heterocycles. The SMILES string of the molecule is CN(C)c1ccn(-c2cccc(C(C)(C)c3cccc(-c4ccc(F)nc4F)n3)n2)c1. The first kappa shape index (κ1) is 20.7. The van der Waals surface area contributed by atoms with Crippen molar-refractivity contribution in [2.24, 2.45) is 0 Å². The van der Waals surface area contributed by atoms with Crippen LogP contribution in [0.2, 0.25) is 0 Å². The molecular weight excluding hydrogens is 396 g/mol. The number of aromatic nitrogens is 4. The van der Waals surface area contributed by atoms with Crippen molar-refractivity contribution in [3.8, 4) is 17.1 Å². The second-order valence-corrected chi connectivity index (χ2v) is 8.06. The van der Waals surface area contributed by atoms with Crippen molar-refractivity contribution in [1.82, 2.24) is 19.5 Å². The second kappa shape index (κ2) is 7.91. The Bertz CT molecular complexity index is 1230. The van der Waals surface area contributed by atoms with Crippen molar-refractivity contribution in [2.45, 2.75) is 19.3 Å². The van der Waals surface area contributed by atoms with Gasteiger partial charge in [-0.3, -0.25) is 4.98 Å². The first-order chi connectivity index (χ1) is 14.8. The lowest BCUT2D eigenvalue weighted by molar-refractivity contribution is 0.514. The lowest BCUT2D eigenvalue weighted by Crippen LogP contribution is -2.23. The van der Waals surface area contributed by atoms with E-state index in [1.807, 2.05) is 80.1 Å². The van der Waals surface area contributed by atoms with Gasteiger partial charge in [0.1, 0.15) is 5.82 Å². The molecule has 4 rings (SSSR count). The molecule has 0 aliphatic heterocycles. The third-order valence-electron chi connectivity index (χ3n) is 5.31. The first-order valence-corrected chi connectivity index (χ1v) is 9.89. The molecular formula is C24H23F2N5. The molecule has 0 atom stereocenters. The zero-order valence-corrected chi connectivity index (χ0v) is 17.8. The maximum Gasteiger partial charge on any atom is 0.224 e. The van der Waals surface area contributed by atoms with Gasteiger partial charge in [-0.1, -0.05) is 12.1 Å². The summed E-state index contributed by atoms with van der Waals surface area (Å²) in [5, 5.41) is 0. The summed E-state index contributed by atoms with van der Waals surface area (Å²) in [6, 6.07) is 15.7. The van der Waals surface area contributed by atoms with Crippen LogP contribution in [0.5, 0.6) is 0 Å². The van der Waals surface area contributed by atoms with E-state index in [4.69, 9.17) is 4.98 Å². The van der Waals surface area contributed by atoms with Crippen molar-refractivity contribution >= 4 is 5.69 Å². The first-order valence-electron chi connectivity index (χ1n) is 9.89. The Morgan fingerprint density at radius 2 is 1.55 bits per heavy atom. The molecule has 0 bridgehead atoms. The van der Waals surface area contributed by atoms with Crippen molar-refractivity contribution in [1.29, 1.82) is 0 Å². The number of pyridine rings is 3. The molecule has 31 heavy (non-hydrogen) atoms. The van der Waals surface area contributed by atoms with E-state index in [9.17, 15) is 8.78 Å². The lowest BCUT2D eigenvalue weighted by atomic mass is 9.84. The van der Waals surface area contributed by atoms with Crippen LogP contribution in [0.1, 0.15) is 25.2 Å². The summed E-state index contributed by atoms with van der Waals surface area (Å²) >= 11 is 0. The van der Waals surface area contributed by atoms with E-state index in [0.29, 0.717) is 5.69 Å². The molecule has 0 aliphatic carbocycles. The van der Waals surface area contributed by atoms with Crippen molar-refractivity contribution < 1.29 is 8.78 Å². The van der Waals surface area contributed by atoms with Crippen molar-refractivity contribution in [2.75, 3.05) is 19.0 Å². The summed E-state index contributed by atoms with van der Waals surface area (Å²) in [6.45, 7) is 4.04. The Labute approximate surface area is 180 Å². The van der Waals surface area contributed by atoms with Crippen LogP contribution in [-0.4, -0.2) is 33.6 Å². The fraction of sp³-hybridized carbons (Fsp3) is 0.208. The van der Waals surface area contributed by atoms with E-state index >= 15 is 0 Å². The number of hydrogen-bond acceptors (Lipinski definition) is 4. The number of anilines is 1. The van der Waals surface area contributed by atoms with E-state index in [1.165, 1.54) is 6.07 Å². The van der Waals surface area contributed by atoms with Gasteiger partial charge in [-0.25, -0.2) is 4.98 Å². The Morgan fingerprint density at radius 1 is 0.839 bits per heavy atom. The van der Waals surface area contributed by atoms with Crippen LogP contribution in [0, 0.1) is 11.9 Å². The molecule has 158 valence electrons. The highest BCUT2D eigenvalue weighted by Crippen LogP contribution is 2.31. The summed E-state index contributed by atoms with van der Waals surface area (Å²) in [5.41, 5.74) is 2.63. The average Bonchev–Trinajstić information content (AvgIpc) is 3.25. The molecule has 0 saturated carbocycles. The molecule has 0 aromatic carbocycles. The quantitative estimate of drug-likeness (QED) is 0.427. The Hall–Kier alpha value is -3.61. The molecule has 7 heteroatoms. The van der Waals surface area contributed by atoms with Crippen LogP contribution < -0.4 is 4.90 Å². The highest BCUT2D eigenvalue weighted by atomic mass is 19.1. The van der Waals surface area contributed by atoms with Crippen LogP contribution in [0.15, 0.2) is 67.0 Å². The molecule has 0 spiro atoms. The predicted molar refractivity (Wildman–Crippen MR) is 117 cm³/mol. The van der Waals surface area contributed by atoms with E-state index < -0.39 is 17.3 Å². The van der Waals surface area contributed by atoms with Gasteiger partial charge >= 0.3 is 0 Å². The molecule has 5 nitrogen and oxygen atoms in total. The van der Waals surface area contributed by atoms with Crippen LogP contribution in [0.4, 0.5) is 14.5 Å². The van der Waals surface area contributed by atoms with Crippen LogP contribution in [0.3, 0.4) is 0 Å². The Morgan fingerprint density at radius 3 is 2.23 bits per heavy atom. The smallest absolute Gasteiger partial charge is 0.224 e. The lowest BCUT2D eigenvalue weighted by Gasteiger charge is -2.24. The topological polar surface area (TPSA) is 46.8 Å².